The molecule has 3 heterocycles. The highest BCUT2D eigenvalue weighted by Gasteiger charge is 2.16. The lowest BCUT2D eigenvalue weighted by atomic mass is 10.2. The second kappa shape index (κ2) is 6.87. The van der Waals surface area contributed by atoms with E-state index in [1.165, 1.54) is 0 Å². The average molecular weight is 336 g/mol. The fraction of sp³-hybridized carbons (Fsp3) is 0.133. The molecular formula is C15H15Cl2N5. The zero-order valence-corrected chi connectivity index (χ0v) is 13.2. The number of para-hydroxylation sites is 1. The second-order valence-electron chi connectivity index (χ2n) is 4.79. The molecule has 0 unspecified atom stereocenters. The molecule has 0 saturated heterocycles. The molecule has 1 aliphatic heterocycles. The third kappa shape index (κ3) is 2.97. The van der Waals surface area contributed by atoms with Gasteiger partial charge in [0.25, 0.3) is 0 Å². The number of halogens is 2. The van der Waals surface area contributed by atoms with Crippen molar-refractivity contribution in [3.63, 3.8) is 0 Å². The molecule has 7 heteroatoms. The van der Waals surface area contributed by atoms with Gasteiger partial charge in [0.2, 0.25) is 0 Å². The van der Waals surface area contributed by atoms with Crippen LogP contribution in [0.2, 0.25) is 0 Å². The van der Waals surface area contributed by atoms with Gasteiger partial charge in [0, 0.05) is 24.0 Å². The van der Waals surface area contributed by atoms with Crippen LogP contribution in [0.4, 0.5) is 11.5 Å². The van der Waals surface area contributed by atoms with E-state index in [-0.39, 0.29) is 24.8 Å². The fourth-order valence-electron chi connectivity index (χ4n) is 2.48. The van der Waals surface area contributed by atoms with Crippen LogP contribution >= 0.6 is 24.8 Å². The number of aromatic nitrogens is 3. The quantitative estimate of drug-likeness (QED) is 0.752. The number of nitrogens with one attached hydrogen (secondary N) is 2. The summed E-state index contributed by atoms with van der Waals surface area (Å²) in [6.07, 6.45) is 3.43. The number of fused-ring (bicyclic) bond motifs is 2. The molecule has 2 aromatic heterocycles. The number of nitrogens with zero attached hydrogens (tertiary/aromatic N) is 3. The summed E-state index contributed by atoms with van der Waals surface area (Å²) in [4.78, 5) is 13.1. The van der Waals surface area contributed by atoms with Gasteiger partial charge in [0.05, 0.1) is 23.1 Å². The first-order valence-corrected chi connectivity index (χ1v) is 6.55. The van der Waals surface area contributed by atoms with Crippen LogP contribution in [0.3, 0.4) is 0 Å². The van der Waals surface area contributed by atoms with E-state index >= 15 is 0 Å². The molecule has 3 aromatic rings. The molecule has 22 heavy (non-hydrogen) atoms. The second-order valence-corrected chi connectivity index (χ2v) is 4.79. The third-order valence-corrected chi connectivity index (χ3v) is 3.48. The van der Waals surface area contributed by atoms with Gasteiger partial charge in [0.1, 0.15) is 12.1 Å². The van der Waals surface area contributed by atoms with Gasteiger partial charge in [0.15, 0.2) is 0 Å². The first-order chi connectivity index (χ1) is 9.90. The van der Waals surface area contributed by atoms with Crippen molar-refractivity contribution >= 4 is 47.2 Å². The van der Waals surface area contributed by atoms with Crippen LogP contribution in [0.15, 0.2) is 42.9 Å². The van der Waals surface area contributed by atoms with Gasteiger partial charge in [-0.05, 0) is 12.1 Å². The van der Waals surface area contributed by atoms with Crippen LogP contribution in [0.1, 0.15) is 11.3 Å². The molecule has 2 N–H and O–H groups in total. The molecule has 0 amide bonds. The minimum absolute atomic E-state index is 0. The van der Waals surface area contributed by atoms with E-state index in [2.05, 4.69) is 37.7 Å². The number of hydrogen-bond acceptors (Lipinski definition) is 5. The van der Waals surface area contributed by atoms with Crippen molar-refractivity contribution < 1.29 is 0 Å². The molecule has 0 bridgehead atoms. The lowest BCUT2D eigenvalue weighted by Crippen LogP contribution is -2.02. The van der Waals surface area contributed by atoms with Gasteiger partial charge in [-0.2, -0.15) is 0 Å². The minimum atomic E-state index is 0. The normalized spacial score (nSPS) is 12.2. The zero-order chi connectivity index (χ0) is 13.4. The highest BCUT2D eigenvalue weighted by molar-refractivity contribution is 5.85. The summed E-state index contributed by atoms with van der Waals surface area (Å²) in [6.45, 7) is 1.61. The van der Waals surface area contributed by atoms with Crippen molar-refractivity contribution in [3.8, 4) is 0 Å². The summed E-state index contributed by atoms with van der Waals surface area (Å²) >= 11 is 0. The standard InChI is InChI=1S/C15H13N5.2ClH/c1-2-4-13-10(3-1)5-11(6-17-13)20-15-12-7-16-8-14(12)18-9-19-15;;/h1-6,9,16H,7-8H2,(H,18,19,20);2*1H. The minimum Gasteiger partial charge on any atom is -0.339 e. The highest BCUT2D eigenvalue weighted by Crippen LogP contribution is 2.24. The Kier molecular flexibility index (Phi) is 5.13. The Balaban J connectivity index is 0.000000882. The first-order valence-electron chi connectivity index (χ1n) is 6.55. The Morgan fingerprint density at radius 2 is 1.86 bits per heavy atom. The highest BCUT2D eigenvalue weighted by atomic mass is 35.5. The number of rotatable bonds is 2. The van der Waals surface area contributed by atoms with Gasteiger partial charge in [-0.3, -0.25) is 4.98 Å². The molecule has 114 valence electrons. The van der Waals surface area contributed by atoms with E-state index in [9.17, 15) is 0 Å². The van der Waals surface area contributed by atoms with Crippen molar-refractivity contribution in [2.45, 2.75) is 13.1 Å². The molecule has 4 rings (SSSR count). The zero-order valence-electron chi connectivity index (χ0n) is 11.6. The van der Waals surface area contributed by atoms with Gasteiger partial charge in [-0.15, -0.1) is 24.8 Å². The van der Waals surface area contributed by atoms with E-state index in [4.69, 9.17) is 0 Å². The van der Waals surface area contributed by atoms with Crippen molar-refractivity contribution in [1.29, 1.82) is 0 Å². The molecular weight excluding hydrogens is 321 g/mol. The molecule has 1 aromatic carbocycles. The van der Waals surface area contributed by atoms with Crippen LogP contribution in [0.5, 0.6) is 0 Å². The molecule has 0 spiro atoms. The molecule has 0 fully saturated rings. The Bertz CT molecular complexity index is 794. The molecule has 0 saturated carbocycles. The van der Waals surface area contributed by atoms with E-state index in [1.807, 2.05) is 24.4 Å². The van der Waals surface area contributed by atoms with E-state index in [0.29, 0.717) is 0 Å². The molecule has 5 nitrogen and oxygen atoms in total. The van der Waals surface area contributed by atoms with Crippen LogP contribution < -0.4 is 10.6 Å². The maximum absolute atomic E-state index is 4.45. The molecule has 0 radical (unpaired) electrons. The van der Waals surface area contributed by atoms with Crippen molar-refractivity contribution in [2.24, 2.45) is 0 Å². The Morgan fingerprint density at radius 3 is 2.77 bits per heavy atom. The summed E-state index contributed by atoms with van der Waals surface area (Å²) in [6, 6.07) is 10.1. The number of benzene rings is 1. The number of anilines is 2. The van der Waals surface area contributed by atoms with Crippen molar-refractivity contribution in [3.05, 3.63) is 54.1 Å². The van der Waals surface area contributed by atoms with Gasteiger partial charge >= 0.3 is 0 Å². The summed E-state index contributed by atoms with van der Waals surface area (Å²) in [5, 5.41) is 7.74. The molecule has 1 aliphatic rings. The predicted molar refractivity (Wildman–Crippen MR) is 92.1 cm³/mol. The largest absolute Gasteiger partial charge is 0.339 e. The SMILES string of the molecule is Cl.Cl.c1ccc2ncc(Nc3ncnc4c3CNC4)cc2c1. The molecule has 0 atom stereocenters. The van der Waals surface area contributed by atoms with E-state index < -0.39 is 0 Å². The maximum atomic E-state index is 4.45. The van der Waals surface area contributed by atoms with E-state index in [0.717, 1.165) is 46.8 Å². The Hall–Kier alpha value is -1.95. The molecule has 0 aliphatic carbocycles. The van der Waals surface area contributed by atoms with Crippen LogP contribution in [-0.2, 0) is 13.1 Å². The monoisotopic (exact) mass is 335 g/mol. The fourth-order valence-corrected chi connectivity index (χ4v) is 2.48. The third-order valence-electron chi connectivity index (χ3n) is 3.48. The lowest BCUT2D eigenvalue weighted by Gasteiger charge is -2.09. The van der Waals surface area contributed by atoms with Crippen LogP contribution in [0.25, 0.3) is 10.9 Å². The summed E-state index contributed by atoms with van der Waals surface area (Å²) in [5.74, 6) is 0.858. The predicted octanol–water partition coefficient (Wildman–Crippen LogP) is 3.22. The van der Waals surface area contributed by atoms with Crippen molar-refractivity contribution in [2.75, 3.05) is 5.32 Å². The topological polar surface area (TPSA) is 62.7 Å². The first kappa shape index (κ1) is 16.4. The number of hydrogen-bond donors (Lipinski definition) is 2. The smallest absolute Gasteiger partial charge is 0.138 e. The van der Waals surface area contributed by atoms with Gasteiger partial charge in [-0.1, -0.05) is 18.2 Å². The van der Waals surface area contributed by atoms with Crippen LogP contribution in [0, 0.1) is 0 Å². The van der Waals surface area contributed by atoms with Crippen LogP contribution in [-0.4, -0.2) is 15.0 Å². The summed E-state index contributed by atoms with van der Waals surface area (Å²) < 4.78 is 0. The van der Waals surface area contributed by atoms with Gasteiger partial charge < -0.3 is 10.6 Å². The summed E-state index contributed by atoms with van der Waals surface area (Å²) in [5.41, 5.74) is 4.14. The van der Waals surface area contributed by atoms with Gasteiger partial charge in [-0.25, -0.2) is 9.97 Å². The van der Waals surface area contributed by atoms with Crippen molar-refractivity contribution in [1.82, 2.24) is 20.3 Å². The average Bonchev–Trinajstić information content (AvgIpc) is 2.97. The Labute approximate surface area is 140 Å². The van der Waals surface area contributed by atoms with E-state index in [1.54, 1.807) is 6.33 Å². The lowest BCUT2D eigenvalue weighted by molar-refractivity contribution is 0.758. The maximum Gasteiger partial charge on any atom is 0.138 e. The Morgan fingerprint density at radius 1 is 1.00 bits per heavy atom. The summed E-state index contributed by atoms with van der Waals surface area (Å²) in [7, 11) is 0. The number of pyridine rings is 1.